The van der Waals surface area contributed by atoms with E-state index in [-0.39, 0.29) is 16.7 Å². The van der Waals surface area contributed by atoms with Crippen molar-refractivity contribution in [3.8, 4) is 0 Å². The molecule has 0 radical (unpaired) electrons. The number of anilines is 3. The van der Waals surface area contributed by atoms with Gasteiger partial charge in [0.15, 0.2) is 11.5 Å². The lowest BCUT2D eigenvalue weighted by atomic mass is 9.71. The maximum atomic E-state index is 14.3. The lowest BCUT2D eigenvalue weighted by Crippen LogP contribution is -2.50. The molecule has 0 saturated carbocycles. The van der Waals surface area contributed by atoms with Gasteiger partial charge in [0.2, 0.25) is 0 Å². The van der Waals surface area contributed by atoms with E-state index in [4.69, 9.17) is 21.1 Å². The fourth-order valence-electron chi connectivity index (χ4n) is 11.1. The maximum Gasteiger partial charge on any atom is 0.501 e. The van der Waals surface area contributed by atoms with Crippen LogP contribution in [0.3, 0.4) is 0 Å². The lowest BCUT2D eigenvalue weighted by molar-refractivity contribution is -0.0436. The number of sulfone groups is 1. The van der Waals surface area contributed by atoms with Crippen LogP contribution >= 0.6 is 23.4 Å². The molecule has 17 nitrogen and oxygen atoms in total. The summed E-state index contributed by atoms with van der Waals surface area (Å²) in [4.78, 5) is 35.8. The summed E-state index contributed by atoms with van der Waals surface area (Å²) < 4.78 is 109. The number of ether oxygens (including phenoxy) is 2. The van der Waals surface area contributed by atoms with Crippen molar-refractivity contribution >= 4 is 77.9 Å². The normalized spacial score (nSPS) is 19.6. The van der Waals surface area contributed by atoms with Crippen molar-refractivity contribution < 1.29 is 49.1 Å². The first-order chi connectivity index (χ1) is 39.3. The number of amides is 1. The third-order valence-corrected chi connectivity index (χ3v) is 19.9. The summed E-state index contributed by atoms with van der Waals surface area (Å²) in [5.41, 5.74) is -1.21. The largest absolute Gasteiger partial charge is 0.501 e. The van der Waals surface area contributed by atoms with Crippen LogP contribution in [0.5, 0.6) is 0 Å². The van der Waals surface area contributed by atoms with Crippen LogP contribution in [0, 0.1) is 5.41 Å². The minimum Gasteiger partial charge on any atom is -0.464 e. The van der Waals surface area contributed by atoms with E-state index in [9.17, 15) is 39.6 Å². The second-order valence-electron chi connectivity index (χ2n) is 21.5. The van der Waals surface area contributed by atoms with Gasteiger partial charge < -0.3 is 29.5 Å². The SMILES string of the molecule is COC(=O)c1ccc(N2CCN(CC3(C)CCC(c4ccc(Cl)cc4)=C(CN4CCN(c5ccc(C(=O)NS(=O)(=O)c6ccc(NC(CCN7CCCOCC7)CSc7ccccc7)c(S(=O)(=O)C(F)(F)F)c6)cc5)CC4)C3)CC2)nn1. The number of allylic oxidation sites excluding steroid dienone is 1. The van der Waals surface area contributed by atoms with Crippen LogP contribution in [0.1, 0.15) is 65.4 Å². The average Bonchev–Trinajstić information content (AvgIpc) is 3.87. The summed E-state index contributed by atoms with van der Waals surface area (Å²) in [6, 6.07) is 29.2. The highest BCUT2D eigenvalue weighted by atomic mass is 35.5. The molecule has 440 valence electrons. The van der Waals surface area contributed by atoms with Gasteiger partial charge in [-0.05, 0) is 128 Å². The minimum absolute atomic E-state index is 0.0212. The van der Waals surface area contributed by atoms with E-state index in [0.29, 0.717) is 62.7 Å². The zero-order chi connectivity index (χ0) is 58.1. The van der Waals surface area contributed by atoms with Gasteiger partial charge in [-0.15, -0.1) is 22.0 Å². The third-order valence-electron chi connectivity index (χ3n) is 15.6. The highest BCUT2D eigenvalue weighted by Crippen LogP contribution is 2.44. The second kappa shape index (κ2) is 26.8. The number of nitrogens with zero attached hydrogens (tertiary/aromatic N) is 7. The number of aromatic nitrogens is 2. The van der Waals surface area contributed by atoms with Gasteiger partial charge in [-0.3, -0.25) is 14.6 Å². The molecule has 1 aliphatic carbocycles. The fourth-order valence-corrected chi connectivity index (χ4v) is 14.2. The van der Waals surface area contributed by atoms with Gasteiger partial charge in [0.05, 0.1) is 24.3 Å². The fraction of sp³-hybridized carbons (Fsp3) is 0.448. The number of rotatable bonds is 20. The Morgan fingerprint density at radius 3 is 2.20 bits per heavy atom. The average molecular weight is 1210 g/mol. The lowest BCUT2D eigenvalue weighted by Gasteiger charge is -2.44. The van der Waals surface area contributed by atoms with Crippen molar-refractivity contribution in [1.29, 1.82) is 0 Å². The Morgan fingerprint density at radius 2 is 1.51 bits per heavy atom. The van der Waals surface area contributed by atoms with E-state index in [2.05, 4.69) is 59.1 Å². The van der Waals surface area contributed by atoms with Crippen molar-refractivity contribution in [2.45, 2.75) is 65.3 Å². The Hall–Kier alpha value is -5.79. The van der Waals surface area contributed by atoms with Crippen molar-refractivity contribution in [3.63, 3.8) is 0 Å². The summed E-state index contributed by atoms with van der Waals surface area (Å²) in [5.74, 6) is -0.473. The summed E-state index contributed by atoms with van der Waals surface area (Å²) >= 11 is 7.79. The molecule has 4 heterocycles. The highest BCUT2D eigenvalue weighted by Gasteiger charge is 2.49. The summed E-state index contributed by atoms with van der Waals surface area (Å²) in [7, 11) is -9.66. The number of hydrogen-bond acceptors (Lipinski definition) is 17. The van der Waals surface area contributed by atoms with Gasteiger partial charge in [-0.25, -0.2) is 26.4 Å². The molecule has 9 rings (SSSR count). The molecule has 0 spiro atoms. The number of methoxy groups -OCH3 is 1. The van der Waals surface area contributed by atoms with Crippen molar-refractivity contribution in [2.24, 2.45) is 5.41 Å². The summed E-state index contributed by atoms with van der Waals surface area (Å²) in [6.45, 7) is 13.5. The number of esters is 1. The zero-order valence-corrected chi connectivity index (χ0v) is 49.2. The summed E-state index contributed by atoms with van der Waals surface area (Å²) in [6.07, 6.45) is 4.16. The molecule has 2 unspecified atom stereocenters. The van der Waals surface area contributed by atoms with Gasteiger partial charge in [-0.1, -0.05) is 54.4 Å². The number of piperazine rings is 2. The van der Waals surface area contributed by atoms with Crippen LogP contribution in [0.25, 0.3) is 5.57 Å². The molecule has 82 heavy (non-hydrogen) atoms. The van der Waals surface area contributed by atoms with Crippen molar-refractivity contribution in [2.75, 3.05) is 126 Å². The number of alkyl halides is 3. The molecule has 4 aromatic carbocycles. The number of thioether (sulfide) groups is 1. The van der Waals surface area contributed by atoms with E-state index in [1.807, 2.05) is 53.3 Å². The van der Waals surface area contributed by atoms with Gasteiger partial charge >= 0.3 is 11.5 Å². The molecule has 3 saturated heterocycles. The number of nitrogens with one attached hydrogen (secondary N) is 2. The van der Waals surface area contributed by atoms with Crippen LogP contribution in [0.15, 0.2) is 129 Å². The van der Waals surface area contributed by atoms with Crippen molar-refractivity contribution in [1.82, 2.24) is 29.6 Å². The number of carbonyl (C=O) groups is 2. The Balaban J connectivity index is 0.824. The number of carbonyl (C=O) groups excluding carboxylic acids is 2. The molecule has 0 bridgehead atoms. The molecule has 2 N–H and O–H groups in total. The molecular formula is C58H69ClF3N9O8S3. The van der Waals surface area contributed by atoms with Crippen LogP contribution < -0.4 is 19.8 Å². The quantitative estimate of drug-likeness (QED) is 0.0557. The minimum atomic E-state index is -6.09. The van der Waals surface area contributed by atoms with Crippen molar-refractivity contribution in [3.05, 3.63) is 137 Å². The first kappa shape index (κ1) is 60.8. The molecule has 5 aromatic rings. The third kappa shape index (κ3) is 15.5. The predicted molar refractivity (Wildman–Crippen MR) is 313 cm³/mol. The summed E-state index contributed by atoms with van der Waals surface area (Å²) in [5, 5.41) is 12.0. The monoisotopic (exact) mass is 1210 g/mol. The van der Waals surface area contributed by atoms with Gasteiger partial charge in [-0.2, -0.15) is 13.2 Å². The maximum absolute atomic E-state index is 14.3. The first-order valence-electron chi connectivity index (χ1n) is 27.5. The van der Waals surface area contributed by atoms with Gasteiger partial charge in [0.25, 0.3) is 25.8 Å². The molecule has 3 fully saturated rings. The predicted octanol–water partition coefficient (Wildman–Crippen LogP) is 8.60. The van der Waals surface area contributed by atoms with Crippen LogP contribution in [0.4, 0.5) is 30.4 Å². The molecule has 4 aliphatic rings. The molecular weight excluding hydrogens is 1140 g/mol. The zero-order valence-electron chi connectivity index (χ0n) is 46.0. The highest BCUT2D eigenvalue weighted by molar-refractivity contribution is 7.99. The number of hydrogen-bond donors (Lipinski definition) is 2. The Bertz CT molecular complexity index is 3250. The Labute approximate surface area is 487 Å². The second-order valence-corrected chi connectivity index (χ2v) is 26.6. The Kier molecular flexibility index (Phi) is 19.9. The number of sulfonamides is 1. The number of halogens is 4. The van der Waals surface area contributed by atoms with Gasteiger partial charge in [0.1, 0.15) is 4.90 Å². The van der Waals surface area contributed by atoms with Crippen LogP contribution in [-0.4, -0.2) is 176 Å². The smallest absolute Gasteiger partial charge is 0.464 e. The first-order valence-corrected chi connectivity index (χ1v) is 31.8. The molecule has 1 amide bonds. The number of benzene rings is 4. The van der Waals surface area contributed by atoms with Crippen LogP contribution in [0.2, 0.25) is 5.02 Å². The topological polar surface area (TPSA) is 187 Å². The van der Waals surface area contributed by atoms with E-state index in [0.717, 1.165) is 113 Å². The molecule has 3 aliphatic heterocycles. The molecule has 2 atom stereocenters. The van der Waals surface area contributed by atoms with Gasteiger partial charge in [0, 0.05) is 125 Å². The van der Waals surface area contributed by atoms with Crippen LogP contribution in [-0.2, 0) is 29.3 Å². The van der Waals surface area contributed by atoms with E-state index >= 15 is 0 Å². The van der Waals surface area contributed by atoms with E-state index in [1.54, 1.807) is 18.2 Å². The Morgan fingerprint density at radius 1 is 0.805 bits per heavy atom. The molecule has 1 aromatic heterocycles. The standard InChI is InChI=1S/C58H69ClF3N9O8S3/c1-57(41-69-28-32-71(33-29-69)54-20-19-52(64-65-54)56(73)78-2)23-21-50(42-9-13-45(59)14-10-42)44(38-57)39-68-26-30-70(31-27-68)47-15-11-43(12-16-47)55(72)66-82(76,77)49-17-18-51(53(37-49)81(74,75)58(60,61)62)63-46(40-80-48-7-4-3-5-8-48)22-25-67-24-6-35-79-36-34-67/h3-5,7-20,37,46,63H,6,21-36,38-41H2,1-2H3,(H,66,72). The van der Waals surface area contributed by atoms with E-state index in [1.165, 1.54) is 47.7 Å². The molecule has 24 heteroatoms. The van der Waals surface area contributed by atoms with E-state index < -0.39 is 58.8 Å².